The van der Waals surface area contributed by atoms with Crippen LogP contribution in [0.15, 0.2) is 34.6 Å². The van der Waals surface area contributed by atoms with Gasteiger partial charge in [0.2, 0.25) is 0 Å². The topological polar surface area (TPSA) is 64.4 Å². The van der Waals surface area contributed by atoms with Gasteiger partial charge in [0.05, 0.1) is 22.9 Å². The molecule has 0 bridgehead atoms. The summed E-state index contributed by atoms with van der Waals surface area (Å²) in [6.45, 7) is 0. The van der Waals surface area contributed by atoms with Gasteiger partial charge in [-0.25, -0.2) is 14.8 Å². The molecule has 0 unspecified atom stereocenters. The summed E-state index contributed by atoms with van der Waals surface area (Å²) in [6, 6.07) is 3.76. The number of halogens is 5. The number of rotatable bonds is 4. The first-order valence-electron chi connectivity index (χ1n) is 6.41. The van der Waals surface area contributed by atoms with Crippen molar-refractivity contribution in [2.75, 3.05) is 6.26 Å². The van der Waals surface area contributed by atoms with Gasteiger partial charge in [-0.2, -0.15) is 13.2 Å². The Morgan fingerprint density at radius 3 is 2.48 bits per heavy atom. The number of thioether (sulfide) groups is 1. The first kappa shape index (κ1) is 19.5. The summed E-state index contributed by atoms with van der Waals surface area (Å²) in [7, 11) is 0. The van der Waals surface area contributed by atoms with Crippen molar-refractivity contribution in [1.29, 1.82) is 0 Å². The highest BCUT2D eigenvalue weighted by Crippen LogP contribution is 2.29. The number of aromatic nitrogens is 2. The van der Waals surface area contributed by atoms with Crippen molar-refractivity contribution in [2.45, 2.75) is 11.3 Å². The maximum Gasteiger partial charge on any atom is 0.416 e. The molecule has 132 valence electrons. The molecule has 0 amide bonds. The third-order valence-electron chi connectivity index (χ3n) is 2.76. The van der Waals surface area contributed by atoms with Crippen LogP contribution in [0, 0.1) is 0 Å². The van der Waals surface area contributed by atoms with Gasteiger partial charge in [-0.1, -0.05) is 46.2 Å². The zero-order chi connectivity index (χ0) is 18.6. The highest BCUT2D eigenvalue weighted by molar-refractivity contribution is 7.98. The van der Waals surface area contributed by atoms with Crippen molar-refractivity contribution in [3.05, 3.63) is 51.3 Å². The molecule has 25 heavy (non-hydrogen) atoms. The molecule has 2 rings (SSSR count). The Morgan fingerprint density at radius 2 is 1.92 bits per heavy atom. The molecule has 1 aromatic carbocycles. The lowest BCUT2D eigenvalue weighted by Crippen LogP contribution is -2.08. The van der Waals surface area contributed by atoms with Crippen molar-refractivity contribution in [3.63, 3.8) is 0 Å². The lowest BCUT2D eigenvalue weighted by molar-refractivity contribution is -0.137. The lowest BCUT2D eigenvalue weighted by atomic mass is 10.1. The second-order valence-electron chi connectivity index (χ2n) is 4.40. The van der Waals surface area contributed by atoms with Crippen LogP contribution in [-0.2, 0) is 11.0 Å². The molecule has 0 atom stereocenters. The molecule has 0 saturated carbocycles. The van der Waals surface area contributed by atoms with Crippen LogP contribution in [0.2, 0.25) is 10.3 Å². The van der Waals surface area contributed by atoms with Gasteiger partial charge in [-0.05, 0) is 24.5 Å². The molecule has 0 aliphatic rings. The minimum Gasteiger partial charge on any atom is -0.313 e. The summed E-state index contributed by atoms with van der Waals surface area (Å²) in [5, 5.41) is 3.69. The molecule has 0 aliphatic heterocycles. The summed E-state index contributed by atoms with van der Waals surface area (Å²) in [6.07, 6.45) is -1.84. The third-order valence-corrected chi connectivity index (χ3v) is 3.88. The van der Waals surface area contributed by atoms with Crippen LogP contribution in [0.3, 0.4) is 0 Å². The van der Waals surface area contributed by atoms with Gasteiger partial charge in [0.1, 0.15) is 10.3 Å². The average molecular weight is 410 g/mol. The molecule has 0 radical (unpaired) electrons. The normalized spacial score (nSPS) is 11.8. The van der Waals surface area contributed by atoms with E-state index in [1.807, 2.05) is 0 Å². The quantitative estimate of drug-likeness (QED) is 0.182. The largest absolute Gasteiger partial charge is 0.416 e. The first-order chi connectivity index (χ1) is 11.7. The van der Waals surface area contributed by atoms with E-state index in [1.54, 1.807) is 6.26 Å². The Morgan fingerprint density at radius 1 is 1.28 bits per heavy atom. The van der Waals surface area contributed by atoms with E-state index in [1.165, 1.54) is 17.8 Å². The molecule has 2 aromatic rings. The van der Waals surface area contributed by atoms with Gasteiger partial charge < -0.3 is 4.84 Å². The second kappa shape index (κ2) is 8.03. The molecular weight excluding hydrogens is 402 g/mol. The van der Waals surface area contributed by atoms with Crippen LogP contribution in [0.4, 0.5) is 13.2 Å². The van der Waals surface area contributed by atoms with Crippen LogP contribution in [0.25, 0.3) is 0 Å². The fraction of sp³-hybridized carbons (Fsp3) is 0.143. The molecule has 0 spiro atoms. The number of hydrogen-bond donors (Lipinski definition) is 0. The van der Waals surface area contributed by atoms with Crippen LogP contribution < -0.4 is 0 Å². The van der Waals surface area contributed by atoms with E-state index >= 15 is 0 Å². The number of benzene rings is 1. The highest BCUT2D eigenvalue weighted by Gasteiger charge is 2.31. The van der Waals surface area contributed by atoms with Gasteiger partial charge in [-0.3, -0.25) is 0 Å². The zero-order valence-electron chi connectivity index (χ0n) is 12.3. The molecule has 0 N–H and O–H groups in total. The van der Waals surface area contributed by atoms with Gasteiger partial charge in [0.15, 0.2) is 5.16 Å². The number of nitrogens with zero attached hydrogens (tertiary/aromatic N) is 3. The predicted molar refractivity (Wildman–Crippen MR) is 88.3 cm³/mol. The van der Waals surface area contributed by atoms with Gasteiger partial charge >= 0.3 is 12.1 Å². The third kappa shape index (κ3) is 5.07. The summed E-state index contributed by atoms with van der Waals surface area (Å²) in [4.78, 5) is 24.2. The summed E-state index contributed by atoms with van der Waals surface area (Å²) in [5.41, 5.74) is -1.17. The molecule has 0 aliphatic carbocycles. The predicted octanol–water partition coefficient (Wildman–Crippen LogP) is 4.72. The van der Waals surface area contributed by atoms with Crippen molar-refractivity contribution in [1.82, 2.24) is 9.97 Å². The van der Waals surface area contributed by atoms with Crippen molar-refractivity contribution < 1.29 is 22.8 Å². The second-order valence-corrected chi connectivity index (χ2v) is 5.89. The molecule has 1 heterocycles. The van der Waals surface area contributed by atoms with Gasteiger partial charge in [-0.15, -0.1) is 0 Å². The van der Waals surface area contributed by atoms with E-state index in [9.17, 15) is 18.0 Å². The van der Waals surface area contributed by atoms with Crippen molar-refractivity contribution >= 4 is 47.1 Å². The Labute approximate surface area is 154 Å². The SMILES string of the molecule is CSc1nc(Cl)c(C=NOC(=O)c2cccc(C(F)(F)F)c2)c(Cl)n1. The number of hydrogen-bond acceptors (Lipinski definition) is 6. The monoisotopic (exact) mass is 409 g/mol. The molecule has 0 fully saturated rings. The summed E-state index contributed by atoms with van der Waals surface area (Å²) < 4.78 is 37.9. The highest BCUT2D eigenvalue weighted by atomic mass is 35.5. The Balaban J connectivity index is 2.14. The van der Waals surface area contributed by atoms with E-state index in [0.717, 1.165) is 18.3 Å². The minimum atomic E-state index is -4.57. The first-order valence-corrected chi connectivity index (χ1v) is 8.39. The van der Waals surface area contributed by atoms with Crippen LogP contribution >= 0.6 is 35.0 Å². The fourth-order valence-electron chi connectivity index (χ4n) is 1.60. The maximum atomic E-state index is 12.6. The zero-order valence-corrected chi connectivity index (χ0v) is 14.7. The van der Waals surface area contributed by atoms with E-state index < -0.39 is 17.7 Å². The lowest BCUT2D eigenvalue weighted by Gasteiger charge is -2.07. The van der Waals surface area contributed by atoms with Crippen LogP contribution in [0.5, 0.6) is 0 Å². The minimum absolute atomic E-state index is 0.0109. The number of carbonyl (C=O) groups is 1. The maximum absolute atomic E-state index is 12.6. The number of alkyl halides is 3. The standard InChI is InChI=1S/C14H8Cl2F3N3O2S/c1-25-13-21-10(15)9(11(16)22-13)6-20-24-12(23)7-3-2-4-8(5-7)14(17,18)19/h2-6H,1H3. The van der Waals surface area contributed by atoms with Gasteiger partial charge in [0.25, 0.3) is 0 Å². The smallest absolute Gasteiger partial charge is 0.313 e. The Hall–Kier alpha value is -1.84. The Kier molecular flexibility index (Phi) is 6.26. The van der Waals surface area contributed by atoms with E-state index in [4.69, 9.17) is 23.2 Å². The Bertz CT molecular complexity index is 808. The molecule has 0 saturated heterocycles. The van der Waals surface area contributed by atoms with E-state index in [-0.39, 0.29) is 21.4 Å². The van der Waals surface area contributed by atoms with Gasteiger partial charge in [0, 0.05) is 0 Å². The van der Waals surface area contributed by atoms with Crippen molar-refractivity contribution in [2.24, 2.45) is 5.16 Å². The van der Waals surface area contributed by atoms with E-state index in [2.05, 4.69) is 20.0 Å². The molecule has 11 heteroatoms. The number of carbonyl (C=O) groups excluding carboxylic acids is 1. The fourth-order valence-corrected chi connectivity index (χ4v) is 2.55. The van der Waals surface area contributed by atoms with E-state index in [0.29, 0.717) is 11.2 Å². The summed E-state index contributed by atoms with van der Waals surface area (Å²) >= 11 is 13.0. The van der Waals surface area contributed by atoms with Crippen molar-refractivity contribution in [3.8, 4) is 0 Å². The molecule has 5 nitrogen and oxygen atoms in total. The number of oxime groups is 1. The summed E-state index contributed by atoms with van der Waals surface area (Å²) in [5.74, 6) is -1.07. The molecule has 1 aromatic heterocycles. The average Bonchev–Trinajstić information content (AvgIpc) is 2.56. The molecular formula is C14H8Cl2F3N3O2S. The van der Waals surface area contributed by atoms with Crippen LogP contribution in [-0.4, -0.2) is 28.4 Å². The van der Waals surface area contributed by atoms with Crippen LogP contribution in [0.1, 0.15) is 21.5 Å².